The number of halogens is 3. The van der Waals surface area contributed by atoms with Crippen LogP contribution in [0.2, 0.25) is 0 Å². The molecule has 5 N–H and O–H groups in total. The third-order valence-electron chi connectivity index (χ3n) is 11.1. The number of hydrogen-bond donors (Lipinski definition) is 4. The van der Waals surface area contributed by atoms with E-state index in [4.69, 9.17) is 40.0 Å². The number of nitrogens with one attached hydrogen (secondary N) is 2. The van der Waals surface area contributed by atoms with E-state index in [1.165, 1.54) is 58.1 Å². The first-order valence-electron chi connectivity index (χ1n) is 22.6. The molecule has 0 aliphatic heterocycles. The normalized spacial score (nSPS) is 12.9. The number of amidine groups is 1. The van der Waals surface area contributed by atoms with E-state index in [2.05, 4.69) is 35.9 Å². The van der Waals surface area contributed by atoms with Crippen molar-refractivity contribution >= 4 is 45.5 Å². The van der Waals surface area contributed by atoms with Gasteiger partial charge in [-0.25, -0.2) is 23.7 Å². The van der Waals surface area contributed by atoms with Crippen molar-refractivity contribution in [3.63, 3.8) is 0 Å². The highest BCUT2D eigenvalue weighted by molar-refractivity contribution is 9.09. The Kier molecular flexibility index (Phi) is 20.3. The van der Waals surface area contributed by atoms with Gasteiger partial charge in [-0.1, -0.05) is 28.1 Å². The van der Waals surface area contributed by atoms with E-state index in [1.54, 1.807) is 70.6 Å². The molecule has 3 aromatic heterocycles. The maximum atomic E-state index is 14.9. The van der Waals surface area contributed by atoms with Crippen LogP contribution in [-0.4, -0.2) is 87.3 Å². The zero-order valence-corrected chi connectivity index (χ0v) is 42.7. The van der Waals surface area contributed by atoms with Gasteiger partial charge in [0.2, 0.25) is 11.8 Å². The molecule has 376 valence electrons. The van der Waals surface area contributed by atoms with Crippen molar-refractivity contribution in [1.82, 2.24) is 19.9 Å². The van der Waals surface area contributed by atoms with Crippen LogP contribution in [0.25, 0.3) is 33.6 Å². The van der Waals surface area contributed by atoms with Crippen LogP contribution in [0.5, 0.6) is 11.8 Å². The molecule has 0 spiro atoms. The van der Waals surface area contributed by atoms with Crippen LogP contribution in [0, 0.1) is 53.6 Å². The molecule has 2 aliphatic rings. The lowest BCUT2D eigenvalue weighted by atomic mass is 9.95. The lowest BCUT2D eigenvalue weighted by Crippen LogP contribution is -2.32. The Balaban J connectivity index is 0.000000250. The molecule has 0 unspecified atom stereocenters. The monoisotopic (exact) mass is 1030 g/mol. The Labute approximate surface area is 416 Å². The summed E-state index contributed by atoms with van der Waals surface area (Å²) in [5.74, 6) is 0.394. The van der Waals surface area contributed by atoms with E-state index >= 15 is 0 Å². The number of Topliss-reactive ketones (excluding diaryl/α,β-unsaturated/α-hetero) is 1. The van der Waals surface area contributed by atoms with Gasteiger partial charge in [0.15, 0.2) is 0 Å². The molecule has 70 heavy (non-hydrogen) atoms. The van der Waals surface area contributed by atoms with Crippen LogP contribution in [0.1, 0.15) is 89.1 Å². The number of carbonyl (C=O) groups is 4. The summed E-state index contributed by atoms with van der Waals surface area (Å²) in [5, 5.41) is 15.3. The molecule has 2 aliphatic carbocycles. The highest BCUT2D eigenvalue weighted by Gasteiger charge is 2.31. The van der Waals surface area contributed by atoms with Gasteiger partial charge in [0.05, 0.1) is 41.5 Å². The van der Waals surface area contributed by atoms with Crippen molar-refractivity contribution in [2.24, 2.45) is 28.4 Å². The number of nitrogens with zero attached hydrogens (tertiary/aromatic N) is 3. The minimum absolute atomic E-state index is 0.0596. The Morgan fingerprint density at radius 3 is 1.63 bits per heavy atom. The van der Waals surface area contributed by atoms with Gasteiger partial charge in [-0.15, -0.1) is 0 Å². The number of nitrogen functional groups attached to an aromatic ring is 1. The summed E-state index contributed by atoms with van der Waals surface area (Å²) in [6.07, 6.45) is 11.9. The quantitative estimate of drug-likeness (QED) is 0.0294. The summed E-state index contributed by atoms with van der Waals surface area (Å²) in [5.41, 5.74) is 9.93. The van der Waals surface area contributed by atoms with Crippen LogP contribution < -0.4 is 15.2 Å². The van der Waals surface area contributed by atoms with Gasteiger partial charge in [0.1, 0.15) is 42.3 Å². The summed E-state index contributed by atoms with van der Waals surface area (Å²) in [6.45, 7) is 12.0. The lowest BCUT2D eigenvalue weighted by Gasteiger charge is -2.21. The van der Waals surface area contributed by atoms with Crippen LogP contribution in [0.3, 0.4) is 0 Å². The fraction of sp³-hybridized carbons (Fsp3) is 0.423. The minimum Gasteiger partial charge on any atom is -0.481 e. The van der Waals surface area contributed by atoms with Crippen LogP contribution >= 0.6 is 15.9 Å². The van der Waals surface area contributed by atoms with Crippen LogP contribution in [-0.2, 0) is 35.1 Å². The SMILES string of the molecule is CC(=O)O.COC(=O)C(C)(C)COc1cc(C)c(-c2ccc(-c3ncc(CC4CC4)[nH]3)c(F)c2)cn1.COC(=O)C(C)(C)COc1cc(C)c(-c2ccc(C(=N)N)c(F)c2)cn1.O=C(CBr)CC1CC1. The largest absolute Gasteiger partial charge is 0.481 e. The number of methoxy groups -OCH3 is 2. The first kappa shape index (κ1) is 56.0. The number of imidazole rings is 1. The zero-order valence-electron chi connectivity index (χ0n) is 41.1. The van der Waals surface area contributed by atoms with E-state index in [1.807, 2.05) is 19.9 Å². The second-order valence-electron chi connectivity index (χ2n) is 18.5. The maximum Gasteiger partial charge on any atom is 0.314 e. The van der Waals surface area contributed by atoms with Gasteiger partial charge in [-0.05, 0) is 132 Å². The van der Waals surface area contributed by atoms with Crippen molar-refractivity contribution in [2.45, 2.75) is 87.0 Å². The Bertz CT molecular complexity index is 2640. The Morgan fingerprint density at radius 2 is 1.23 bits per heavy atom. The molecule has 3 heterocycles. The number of ether oxygens (including phenoxy) is 4. The van der Waals surface area contributed by atoms with Crippen molar-refractivity contribution in [2.75, 3.05) is 32.8 Å². The molecule has 0 radical (unpaired) electrons. The van der Waals surface area contributed by atoms with Crippen molar-refractivity contribution in [3.8, 4) is 45.4 Å². The van der Waals surface area contributed by atoms with Crippen LogP contribution in [0.15, 0.2) is 67.1 Å². The summed E-state index contributed by atoms with van der Waals surface area (Å²) < 4.78 is 49.8. The molecule has 0 saturated heterocycles. The maximum absolute atomic E-state index is 14.9. The molecule has 18 heteroatoms. The smallest absolute Gasteiger partial charge is 0.314 e. The first-order valence-corrected chi connectivity index (χ1v) is 23.7. The average Bonchev–Trinajstić information content (AvgIpc) is 4.26. The number of carboxylic acids is 1. The molecule has 7 rings (SSSR count). The number of nitrogens with two attached hydrogens (primary N) is 1. The summed E-state index contributed by atoms with van der Waals surface area (Å²) in [4.78, 5) is 59.3. The Morgan fingerprint density at radius 1 is 0.757 bits per heavy atom. The molecule has 0 amide bonds. The van der Waals surface area contributed by atoms with E-state index in [0.29, 0.717) is 39.8 Å². The molecular formula is C52H63BrF2N6O9. The fourth-order valence-corrected chi connectivity index (χ4v) is 6.94. The molecule has 0 atom stereocenters. The number of aryl methyl sites for hydroxylation is 2. The number of esters is 2. The van der Waals surface area contributed by atoms with Gasteiger partial charge >= 0.3 is 11.9 Å². The third kappa shape index (κ3) is 17.1. The van der Waals surface area contributed by atoms with Crippen LogP contribution in [0.4, 0.5) is 8.78 Å². The standard InChI is InChI=1S/C25H28FN3O3.C19H22FN3O3.C6H9BrO.C2H4O2/c1-15-9-22(32-14-25(2,3)24(30)31-4)27-13-20(15)17-7-8-19(21(26)11-17)23-28-12-18(29-23)10-16-5-6-16;1-11-7-16(26-10-19(2,3)18(24)25-4)23-9-14(11)12-5-6-13(17(21)22)15(20)8-12;7-4-6(8)3-5-1-2-5;1-2(3)4/h7-9,11-13,16H,5-6,10,14H2,1-4H3,(H,28,29);5-9H,10H2,1-4H3,(H3,21,22);5H,1-4H2;1H3,(H,3,4). The van der Waals surface area contributed by atoms with E-state index in [0.717, 1.165) is 65.1 Å². The Hall–Kier alpha value is -6.56. The second-order valence-corrected chi connectivity index (χ2v) is 19.1. The number of aromatic nitrogens is 4. The number of hydrogen-bond acceptors (Lipinski definition) is 12. The number of benzene rings is 2. The summed E-state index contributed by atoms with van der Waals surface area (Å²) >= 11 is 3.12. The topological polar surface area (TPSA) is 230 Å². The molecule has 0 bridgehead atoms. The number of carbonyl (C=O) groups excluding carboxylic acids is 3. The number of aliphatic carboxylic acids is 1. The molecule has 2 fully saturated rings. The average molecular weight is 1030 g/mol. The highest BCUT2D eigenvalue weighted by Crippen LogP contribution is 2.35. The molecule has 2 saturated carbocycles. The van der Waals surface area contributed by atoms with Crippen molar-refractivity contribution in [3.05, 3.63) is 101 Å². The summed E-state index contributed by atoms with van der Waals surface area (Å²) in [6, 6.07) is 13.1. The predicted octanol–water partition coefficient (Wildman–Crippen LogP) is 10.0. The number of H-pyrrole nitrogens is 1. The summed E-state index contributed by atoms with van der Waals surface area (Å²) in [7, 11) is 2.68. The number of alkyl halides is 1. The number of carboxylic acid groups (broad SMARTS) is 1. The number of rotatable bonds is 17. The zero-order chi connectivity index (χ0) is 51.9. The van der Waals surface area contributed by atoms with Crippen molar-refractivity contribution < 1.29 is 52.0 Å². The number of aromatic amines is 1. The molecule has 15 nitrogen and oxygen atoms in total. The van der Waals surface area contributed by atoms with Gasteiger partial charge in [-0.2, -0.15) is 0 Å². The van der Waals surface area contributed by atoms with Gasteiger partial charge in [0, 0.05) is 60.9 Å². The fourth-order valence-electron chi connectivity index (χ4n) is 6.71. The second kappa shape index (κ2) is 25.3. The molecule has 5 aromatic rings. The first-order chi connectivity index (χ1) is 33.0. The molecule has 2 aromatic carbocycles. The van der Waals surface area contributed by atoms with Gasteiger partial charge in [0.25, 0.3) is 5.97 Å². The highest BCUT2D eigenvalue weighted by atomic mass is 79.9. The lowest BCUT2D eigenvalue weighted by molar-refractivity contribution is -0.153. The third-order valence-corrected chi connectivity index (χ3v) is 11.7. The van der Waals surface area contributed by atoms with Gasteiger partial charge < -0.3 is 34.8 Å². The van der Waals surface area contributed by atoms with E-state index < -0.39 is 22.6 Å². The van der Waals surface area contributed by atoms with Gasteiger partial charge in [-0.3, -0.25) is 24.6 Å². The van der Waals surface area contributed by atoms with E-state index in [9.17, 15) is 23.2 Å². The van der Waals surface area contributed by atoms with Crippen molar-refractivity contribution in [1.29, 1.82) is 5.41 Å². The number of pyridine rings is 2. The number of ketones is 1. The predicted molar refractivity (Wildman–Crippen MR) is 266 cm³/mol. The minimum atomic E-state index is -0.833. The van der Waals surface area contributed by atoms with E-state index in [-0.39, 0.29) is 42.4 Å². The molecular weight excluding hydrogens is 971 g/mol.